The van der Waals surface area contributed by atoms with Gasteiger partial charge < -0.3 is 15.8 Å². The van der Waals surface area contributed by atoms with Gasteiger partial charge in [-0.05, 0) is 24.7 Å². The number of nitrogens with one attached hydrogen (secondary N) is 1. The van der Waals surface area contributed by atoms with Crippen LogP contribution < -0.4 is 11.1 Å². The van der Waals surface area contributed by atoms with Gasteiger partial charge in [-0.1, -0.05) is 6.92 Å². The summed E-state index contributed by atoms with van der Waals surface area (Å²) in [7, 11) is 1.55. The fourth-order valence-corrected chi connectivity index (χ4v) is 1.35. The molecule has 1 unspecified atom stereocenters. The summed E-state index contributed by atoms with van der Waals surface area (Å²) in [5, 5.41) is 2.42. The Morgan fingerprint density at radius 2 is 2.31 bits per heavy atom. The Kier molecular flexibility index (Phi) is 3.14. The van der Waals surface area contributed by atoms with Gasteiger partial charge in [0.25, 0.3) is 0 Å². The average Bonchev–Trinajstić information content (AvgIpc) is 2.82. The van der Waals surface area contributed by atoms with Crippen molar-refractivity contribution in [3.05, 3.63) is 0 Å². The van der Waals surface area contributed by atoms with E-state index in [4.69, 9.17) is 10.5 Å². The third-order valence-corrected chi connectivity index (χ3v) is 2.56. The van der Waals surface area contributed by atoms with Crippen molar-refractivity contribution in [1.82, 2.24) is 5.32 Å². The number of hydrogen-bond donors (Lipinski definition) is 2. The molecule has 1 amide bonds. The van der Waals surface area contributed by atoms with E-state index in [0.717, 1.165) is 6.42 Å². The van der Waals surface area contributed by atoms with E-state index >= 15 is 0 Å². The Morgan fingerprint density at radius 3 is 2.69 bits per heavy atom. The molecular weight excluding hydrogens is 168 g/mol. The molecule has 1 fully saturated rings. The number of amides is 1. The normalized spacial score (nSPS) is 20.5. The highest BCUT2D eigenvalue weighted by Gasteiger charge is 2.39. The second kappa shape index (κ2) is 3.96. The van der Waals surface area contributed by atoms with Crippen LogP contribution in [0.15, 0.2) is 0 Å². The number of alkyl carbamates (subject to hydrolysis) is 1. The quantitative estimate of drug-likeness (QED) is 0.684. The summed E-state index contributed by atoms with van der Waals surface area (Å²) >= 11 is 0. The van der Waals surface area contributed by atoms with Crippen LogP contribution in [0.4, 0.5) is 4.79 Å². The Hall–Kier alpha value is -0.770. The van der Waals surface area contributed by atoms with Crippen molar-refractivity contribution in [3.63, 3.8) is 0 Å². The molecule has 1 aliphatic carbocycles. The van der Waals surface area contributed by atoms with Gasteiger partial charge in [0.2, 0.25) is 0 Å². The van der Waals surface area contributed by atoms with Gasteiger partial charge in [-0.3, -0.25) is 0 Å². The molecule has 4 heteroatoms. The molecule has 0 aromatic rings. The molecule has 0 aliphatic heterocycles. The van der Waals surface area contributed by atoms with Gasteiger partial charge in [0.05, 0.1) is 0 Å². The molecule has 4 nitrogen and oxygen atoms in total. The van der Waals surface area contributed by atoms with Crippen LogP contribution in [-0.4, -0.2) is 25.8 Å². The highest BCUT2D eigenvalue weighted by Crippen LogP contribution is 2.49. The van der Waals surface area contributed by atoms with Crippen molar-refractivity contribution < 1.29 is 9.53 Å². The van der Waals surface area contributed by atoms with Crippen LogP contribution in [0.25, 0.3) is 0 Å². The van der Waals surface area contributed by atoms with Gasteiger partial charge in [-0.15, -0.1) is 0 Å². The van der Waals surface area contributed by atoms with Crippen LogP contribution >= 0.6 is 0 Å². The van der Waals surface area contributed by atoms with Crippen molar-refractivity contribution in [2.24, 2.45) is 11.1 Å². The van der Waals surface area contributed by atoms with Crippen LogP contribution in [0.3, 0.4) is 0 Å². The van der Waals surface area contributed by atoms with Crippen molar-refractivity contribution in [1.29, 1.82) is 0 Å². The van der Waals surface area contributed by atoms with Crippen molar-refractivity contribution in [2.75, 3.05) is 13.6 Å². The molecule has 1 aliphatic rings. The standard InChI is InChI=1S/C9H18N2O2/c1-9(3-4-9)5-7(6-10)13-8(12)11-2/h7H,3-6,10H2,1-2H3,(H,11,12). The summed E-state index contributed by atoms with van der Waals surface area (Å²) in [6, 6.07) is 0. The molecular formula is C9H18N2O2. The van der Waals surface area contributed by atoms with E-state index in [2.05, 4.69) is 12.2 Å². The van der Waals surface area contributed by atoms with Gasteiger partial charge in [0.15, 0.2) is 0 Å². The smallest absolute Gasteiger partial charge is 0.407 e. The SMILES string of the molecule is CNC(=O)OC(CN)CC1(C)CC1. The number of rotatable bonds is 4. The fraction of sp³-hybridized carbons (Fsp3) is 0.889. The summed E-state index contributed by atoms with van der Waals surface area (Å²) in [4.78, 5) is 10.9. The van der Waals surface area contributed by atoms with Crippen molar-refractivity contribution in [2.45, 2.75) is 32.3 Å². The second-order valence-electron chi connectivity index (χ2n) is 4.03. The number of carbonyl (C=O) groups is 1. The van der Waals surface area contributed by atoms with Crippen LogP contribution in [0.2, 0.25) is 0 Å². The minimum Gasteiger partial charge on any atom is -0.445 e. The Balaban J connectivity index is 2.30. The lowest BCUT2D eigenvalue weighted by atomic mass is 10.0. The zero-order chi connectivity index (χ0) is 9.90. The first kappa shape index (κ1) is 10.3. The number of ether oxygens (including phenoxy) is 1. The third-order valence-electron chi connectivity index (χ3n) is 2.56. The average molecular weight is 186 g/mol. The van der Waals surface area contributed by atoms with E-state index in [0.29, 0.717) is 12.0 Å². The molecule has 1 rings (SSSR count). The highest BCUT2D eigenvalue weighted by molar-refractivity contribution is 5.66. The molecule has 1 atom stereocenters. The van der Waals surface area contributed by atoms with Crippen LogP contribution in [0.5, 0.6) is 0 Å². The van der Waals surface area contributed by atoms with Gasteiger partial charge in [0, 0.05) is 13.6 Å². The minimum absolute atomic E-state index is 0.132. The van der Waals surface area contributed by atoms with Gasteiger partial charge >= 0.3 is 6.09 Å². The lowest BCUT2D eigenvalue weighted by Crippen LogP contribution is -2.32. The largest absolute Gasteiger partial charge is 0.445 e. The molecule has 0 bridgehead atoms. The molecule has 0 aromatic carbocycles. The summed E-state index contributed by atoms with van der Waals surface area (Å²) < 4.78 is 5.09. The third kappa shape index (κ3) is 3.22. The first-order valence-corrected chi connectivity index (χ1v) is 4.68. The van der Waals surface area contributed by atoms with E-state index in [1.807, 2.05) is 0 Å². The molecule has 13 heavy (non-hydrogen) atoms. The van der Waals surface area contributed by atoms with Gasteiger partial charge in [-0.2, -0.15) is 0 Å². The molecule has 0 aromatic heterocycles. The predicted octanol–water partition coefficient (Wildman–Crippen LogP) is 0.860. The predicted molar refractivity (Wildman–Crippen MR) is 50.3 cm³/mol. The minimum atomic E-state index is -0.389. The van der Waals surface area contributed by atoms with Crippen molar-refractivity contribution >= 4 is 6.09 Å². The Labute approximate surface area is 78.8 Å². The van der Waals surface area contributed by atoms with Gasteiger partial charge in [0.1, 0.15) is 6.10 Å². The topological polar surface area (TPSA) is 64.3 Å². The molecule has 76 valence electrons. The monoisotopic (exact) mass is 186 g/mol. The zero-order valence-electron chi connectivity index (χ0n) is 8.30. The maximum atomic E-state index is 10.9. The summed E-state index contributed by atoms with van der Waals surface area (Å²) in [6.45, 7) is 2.60. The fourth-order valence-electron chi connectivity index (χ4n) is 1.35. The van der Waals surface area contributed by atoms with Crippen LogP contribution in [0.1, 0.15) is 26.2 Å². The molecule has 3 N–H and O–H groups in total. The number of hydrogen-bond acceptors (Lipinski definition) is 3. The molecule has 1 saturated carbocycles. The number of carbonyl (C=O) groups excluding carboxylic acids is 1. The van der Waals surface area contributed by atoms with E-state index in [9.17, 15) is 4.79 Å². The number of nitrogens with two attached hydrogens (primary N) is 1. The zero-order valence-corrected chi connectivity index (χ0v) is 8.30. The Morgan fingerprint density at radius 1 is 1.69 bits per heavy atom. The molecule has 0 radical (unpaired) electrons. The molecule has 0 saturated heterocycles. The summed E-state index contributed by atoms with van der Waals surface area (Å²) in [5.41, 5.74) is 5.88. The second-order valence-corrected chi connectivity index (χ2v) is 4.03. The maximum absolute atomic E-state index is 10.9. The van der Waals surface area contributed by atoms with Gasteiger partial charge in [-0.25, -0.2) is 4.79 Å². The van der Waals surface area contributed by atoms with Crippen molar-refractivity contribution in [3.8, 4) is 0 Å². The van der Waals surface area contributed by atoms with Crippen LogP contribution in [0, 0.1) is 5.41 Å². The first-order chi connectivity index (χ1) is 6.09. The molecule has 0 spiro atoms. The highest BCUT2D eigenvalue weighted by atomic mass is 16.6. The lowest BCUT2D eigenvalue weighted by molar-refractivity contribution is 0.0873. The summed E-state index contributed by atoms with van der Waals surface area (Å²) in [6.07, 6.45) is 2.81. The maximum Gasteiger partial charge on any atom is 0.407 e. The molecule has 0 heterocycles. The van der Waals surface area contributed by atoms with E-state index in [1.165, 1.54) is 12.8 Å². The van der Waals surface area contributed by atoms with E-state index < -0.39 is 0 Å². The van der Waals surface area contributed by atoms with E-state index in [1.54, 1.807) is 7.05 Å². The Bertz CT molecular complexity index is 190. The van der Waals surface area contributed by atoms with E-state index in [-0.39, 0.29) is 12.2 Å². The summed E-state index contributed by atoms with van der Waals surface area (Å²) in [5.74, 6) is 0. The lowest BCUT2D eigenvalue weighted by Gasteiger charge is -2.18. The van der Waals surface area contributed by atoms with Crippen LogP contribution in [-0.2, 0) is 4.74 Å². The first-order valence-electron chi connectivity index (χ1n) is 4.68.